The van der Waals surface area contributed by atoms with Gasteiger partial charge in [-0.15, -0.1) is 0 Å². The lowest BCUT2D eigenvalue weighted by molar-refractivity contribution is -0.138. The number of hydrogen-bond acceptors (Lipinski definition) is 5. The molecule has 0 radical (unpaired) electrons. The summed E-state index contributed by atoms with van der Waals surface area (Å²) in [6, 6.07) is 0. The van der Waals surface area contributed by atoms with Crippen LogP contribution in [0.1, 0.15) is 0 Å². The number of nitrogens with zero attached hydrogens (tertiary/aromatic N) is 1. The van der Waals surface area contributed by atoms with Crippen LogP contribution >= 0.6 is 0 Å². The fourth-order valence-electron chi connectivity index (χ4n) is 0.977. The van der Waals surface area contributed by atoms with Gasteiger partial charge in [-0.05, 0) is 0 Å². The van der Waals surface area contributed by atoms with Crippen molar-refractivity contribution in [1.29, 1.82) is 0 Å². The molecule has 0 aliphatic carbocycles. The molecular formula is C8H17NO5S. The standard InChI is InChI=1S/C8H17NO5S/c1-14-5-3-9(7-8(10)11)4-6-15(2,12)13/h3-7H2,1-2H3,(H,10,11). The molecule has 0 atom stereocenters. The van der Waals surface area contributed by atoms with E-state index in [4.69, 9.17) is 9.84 Å². The lowest BCUT2D eigenvalue weighted by Crippen LogP contribution is -2.36. The van der Waals surface area contributed by atoms with Crippen molar-refractivity contribution in [2.75, 3.05) is 45.4 Å². The Kier molecular flexibility index (Phi) is 6.46. The van der Waals surface area contributed by atoms with E-state index in [-0.39, 0.29) is 18.8 Å². The molecule has 0 spiro atoms. The molecular weight excluding hydrogens is 222 g/mol. The normalized spacial score (nSPS) is 11.9. The van der Waals surface area contributed by atoms with Gasteiger partial charge >= 0.3 is 5.97 Å². The van der Waals surface area contributed by atoms with Gasteiger partial charge in [0.25, 0.3) is 0 Å². The molecule has 0 aromatic heterocycles. The molecule has 7 heteroatoms. The van der Waals surface area contributed by atoms with Gasteiger partial charge in [0.15, 0.2) is 0 Å². The van der Waals surface area contributed by atoms with Crippen LogP contribution in [0.3, 0.4) is 0 Å². The highest BCUT2D eigenvalue weighted by atomic mass is 32.2. The maximum Gasteiger partial charge on any atom is 0.317 e. The molecule has 6 nitrogen and oxygen atoms in total. The van der Waals surface area contributed by atoms with Crippen molar-refractivity contribution in [3.05, 3.63) is 0 Å². The maximum atomic E-state index is 10.9. The molecule has 0 saturated heterocycles. The maximum absolute atomic E-state index is 10.9. The molecule has 15 heavy (non-hydrogen) atoms. The topological polar surface area (TPSA) is 83.9 Å². The lowest BCUT2D eigenvalue weighted by Gasteiger charge is -2.18. The van der Waals surface area contributed by atoms with Crippen molar-refractivity contribution in [1.82, 2.24) is 4.90 Å². The second-order valence-corrected chi connectivity index (χ2v) is 5.55. The molecule has 0 unspecified atom stereocenters. The summed E-state index contributed by atoms with van der Waals surface area (Å²) < 4.78 is 26.6. The molecule has 0 bridgehead atoms. The Hall–Kier alpha value is -0.660. The summed E-state index contributed by atoms with van der Waals surface area (Å²) in [7, 11) is -1.55. The van der Waals surface area contributed by atoms with E-state index in [2.05, 4.69) is 0 Å². The third kappa shape index (κ3) is 9.64. The average Bonchev–Trinajstić information content (AvgIpc) is 2.07. The van der Waals surface area contributed by atoms with E-state index in [1.54, 1.807) is 0 Å². The molecule has 1 N–H and O–H groups in total. The first-order chi connectivity index (χ1) is 6.85. The van der Waals surface area contributed by atoms with Crippen molar-refractivity contribution < 1.29 is 23.1 Å². The van der Waals surface area contributed by atoms with Crippen LogP contribution in [0.15, 0.2) is 0 Å². The first kappa shape index (κ1) is 14.3. The van der Waals surface area contributed by atoms with Crippen LogP contribution in [-0.4, -0.2) is 69.8 Å². The third-order valence-corrected chi connectivity index (χ3v) is 2.67. The van der Waals surface area contributed by atoms with Gasteiger partial charge in [0, 0.05) is 26.5 Å². The molecule has 0 aromatic rings. The van der Waals surface area contributed by atoms with E-state index in [9.17, 15) is 13.2 Å². The zero-order valence-electron chi connectivity index (χ0n) is 8.97. The number of carboxylic acid groups (broad SMARTS) is 1. The summed E-state index contributed by atoms with van der Waals surface area (Å²) in [5, 5.41) is 8.58. The Morgan fingerprint density at radius 2 is 2.00 bits per heavy atom. The molecule has 0 saturated carbocycles. The summed E-state index contributed by atoms with van der Waals surface area (Å²) in [6.07, 6.45) is 1.13. The van der Waals surface area contributed by atoms with E-state index in [1.807, 2.05) is 0 Å². The number of aliphatic carboxylic acids is 1. The number of hydrogen-bond donors (Lipinski definition) is 1. The molecule has 0 fully saturated rings. The first-order valence-electron chi connectivity index (χ1n) is 4.46. The van der Waals surface area contributed by atoms with E-state index in [0.717, 1.165) is 6.26 Å². The van der Waals surface area contributed by atoms with E-state index in [0.29, 0.717) is 13.2 Å². The van der Waals surface area contributed by atoms with Gasteiger partial charge in [0.2, 0.25) is 0 Å². The number of rotatable bonds is 8. The Morgan fingerprint density at radius 1 is 1.40 bits per heavy atom. The van der Waals surface area contributed by atoms with Crippen LogP contribution in [0.4, 0.5) is 0 Å². The fourth-order valence-corrected chi connectivity index (χ4v) is 1.57. The predicted octanol–water partition coefficient (Wildman–Crippen LogP) is -0.936. The van der Waals surface area contributed by atoms with Gasteiger partial charge in [-0.2, -0.15) is 0 Å². The highest BCUT2D eigenvalue weighted by molar-refractivity contribution is 7.90. The SMILES string of the molecule is COCCN(CCS(C)(=O)=O)CC(=O)O. The molecule has 0 aliphatic rings. The minimum atomic E-state index is -3.06. The smallest absolute Gasteiger partial charge is 0.317 e. The Morgan fingerprint density at radius 3 is 2.40 bits per heavy atom. The largest absolute Gasteiger partial charge is 0.480 e. The van der Waals surface area contributed by atoms with Gasteiger partial charge in [-0.3, -0.25) is 9.69 Å². The van der Waals surface area contributed by atoms with Crippen molar-refractivity contribution in [2.45, 2.75) is 0 Å². The summed E-state index contributed by atoms with van der Waals surface area (Å²) in [4.78, 5) is 12.0. The number of carboxylic acids is 1. The van der Waals surface area contributed by atoms with Gasteiger partial charge in [-0.25, -0.2) is 8.42 Å². The lowest BCUT2D eigenvalue weighted by atomic mass is 10.4. The van der Waals surface area contributed by atoms with Crippen molar-refractivity contribution >= 4 is 15.8 Å². The second-order valence-electron chi connectivity index (χ2n) is 3.29. The summed E-state index contributed by atoms with van der Waals surface area (Å²) >= 11 is 0. The molecule has 0 heterocycles. The molecule has 0 aromatic carbocycles. The zero-order chi connectivity index (χ0) is 11.9. The van der Waals surface area contributed by atoms with Gasteiger partial charge < -0.3 is 9.84 Å². The van der Waals surface area contributed by atoms with Gasteiger partial charge in [0.05, 0.1) is 18.9 Å². The number of methoxy groups -OCH3 is 1. The highest BCUT2D eigenvalue weighted by Gasteiger charge is 2.12. The second kappa shape index (κ2) is 6.76. The van der Waals surface area contributed by atoms with E-state index < -0.39 is 15.8 Å². The molecule has 90 valence electrons. The van der Waals surface area contributed by atoms with E-state index >= 15 is 0 Å². The Labute approximate surface area is 89.7 Å². The zero-order valence-corrected chi connectivity index (χ0v) is 9.79. The summed E-state index contributed by atoms with van der Waals surface area (Å²) in [5.74, 6) is -1.01. The molecule has 0 aliphatic heterocycles. The Bertz CT molecular complexity index is 287. The quantitative estimate of drug-likeness (QED) is 0.589. The summed E-state index contributed by atoms with van der Waals surface area (Å²) in [5.41, 5.74) is 0. The van der Waals surface area contributed by atoms with Crippen molar-refractivity contribution in [3.63, 3.8) is 0 Å². The van der Waals surface area contributed by atoms with Gasteiger partial charge in [0.1, 0.15) is 9.84 Å². The molecule has 0 amide bonds. The minimum absolute atomic E-state index is 0.0377. The number of sulfone groups is 1. The van der Waals surface area contributed by atoms with Crippen molar-refractivity contribution in [2.24, 2.45) is 0 Å². The number of ether oxygens (including phenoxy) is 1. The van der Waals surface area contributed by atoms with Crippen LogP contribution in [-0.2, 0) is 19.4 Å². The molecule has 0 rings (SSSR count). The highest BCUT2D eigenvalue weighted by Crippen LogP contribution is 1.92. The van der Waals surface area contributed by atoms with Gasteiger partial charge in [-0.1, -0.05) is 0 Å². The summed E-state index contributed by atoms with van der Waals surface area (Å²) in [6.45, 7) is 0.850. The van der Waals surface area contributed by atoms with Crippen LogP contribution in [0.2, 0.25) is 0 Å². The van der Waals surface area contributed by atoms with Crippen LogP contribution in [0.25, 0.3) is 0 Å². The fraction of sp³-hybridized carbons (Fsp3) is 0.875. The Balaban J connectivity index is 4.06. The van der Waals surface area contributed by atoms with E-state index in [1.165, 1.54) is 12.0 Å². The van der Waals surface area contributed by atoms with Crippen molar-refractivity contribution in [3.8, 4) is 0 Å². The first-order valence-corrected chi connectivity index (χ1v) is 6.52. The predicted molar refractivity (Wildman–Crippen MR) is 55.7 cm³/mol. The monoisotopic (exact) mass is 239 g/mol. The van der Waals surface area contributed by atoms with Crippen LogP contribution in [0.5, 0.6) is 0 Å². The minimum Gasteiger partial charge on any atom is -0.480 e. The van der Waals surface area contributed by atoms with Crippen LogP contribution in [0, 0.1) is 0 Å². The number of carbonyl (C=O) groups is 1. The average molecular weight is 239 g/mol. The van der Waals surface area contributed by atoms with Crippen LogP contribution < -0.4 is 0 Å². The third-order valence-electron chi connectivity index (χ3n) is 1.75.